The van der Waals surface area contributed by atoms with Gasteiger partial charge in [0.2, 0.25) is 0 Å². The van der Waals surface area contributed by atoms with E-state index in [2.05, 4.69) is 16.8 Å². The second kappa shape index (κ2) is 7.40. The van der Waals surface area contributed by atoms with Crippen LogP contribution in [0.4, 0.5) is 0 Å². The third kappa shape index (κ3) is 3.90. The van der Waals surface area contributed by atoms with Gasteiger partial charge in [-0.1, -0.05) is 18.2 Å². The summed E-state index contributed by atoms with van der Waals surface area (Å²) in [7, 11) is 2.07. The van der Waals surface area contributed by atoms with Crippen LogP contribution in [0.5, 0.6) is 0 Å². The highest BCUT2D eigenvalue weighted by Crippen LogP contribution is 2.21. The Morgan fingerprint density at radius 2 is 1.91 bits per heavy atom. The van der Waals surface area contributed by atoms with E-state index in [0.29, 0.717) is 11.6 Å². The van der Waals surface area contributed by atoms with Crippen molar-refractivity contribution < 1.29 is 14.7 Å². The lowest BCUT2D eigenvalue weighted by atomic mass is 10.1. The largest absolute Gasteiger partial charge is 0.395 e. The van der Waals surface area contributed by atoms with E-state index < -0.39 is 0 Å². The minimum absolute atomic E-state index is 0.224. The number of piperazine rings is 1. The molecule has 0 unspecified atom stereocenters. The molecule has 1 aromatic rings. The van der Waals surface area contributed by atoms with Crippen LogP contribution in [0.25, 0.3) is 0 Å². The molecule has 0 aliphatic carbocycles. The molecule has 1 aromatic carbocycles. The smallest absolute Gasteiger partial charge is 0.357 e. The Balaban J connectivity index is 1.47. The lowest BCUT2D eigenvalue weighted by molar-refractivity contribution is -0.133. The monoisotopic (exact) mass is 319 g/mol. The number of carbonyl (C=O) groups is 1. The fourth-order valence-electron chi connectivity index (χ4n) is 3.43. The zero-order valence-corrected chi connectivity index (χ0v) is 13.6. The fraction of sp³-hybridized carbons (Fsp3) is 0.588. The molecule has 0 radical (unpaired) electrons. The van der Waals surface area contributed by atoms with Crippen LogP contribution in [0.15, 0.2) is 30.3 Å². The number of aliphatic hydroxyl groups excluding tert-OH is 1. The molecule has 0 spiro atoms. The molecule has 126 valence electrons. The molecule has 6 heteroatoms. The van der Waals surface area contributed by atoms with Gasteiger partial charge in [-0.25, -0.2) is 4.79 Å². The van der Waals surface area contributed by atoms with Crippen molar-refractivity contribution in [3.8, 4) is 0 Å². The van der Waals surface area contributed by atoms with Crippen molar-refractivity contribution in [3.05, 3.63) is 35.9 Å². The zero-order chi connectivity index (χ0) is 16.2. The number of hydroxylamine groups is 2. The van der Waals surface area contributed by atoms with Gasteiger partial charge in [0.25, 0.3) is 0 Å². The van der Waals surface area contributed by atoms with Gasteiger partial charge in [-0.15, -0.1) is 5.06 Å². The number of likely N-dealkylation sites (tertiary alicyclic amines) is 1. The van der Waals surface area contributed by atoms with E-state index in [9.17, 15) is 9.90 Å². The van der Waals surface area contributed by atoms with Gasteiger partial charge >= 0.3 is 5.97 Å². The number of likely N-dealkylation sites (N-methyl/N-ethyl adjacent to an activating group) is 1. The first-order chi connectivity index (χ1) is 11.2. The molecule has 2 saturated heterocycles. The van der Waals surface area contributed by atoms with Crippen LogP contribution in [0, 0.1) is 0 Å². The maximum absolute atomic E-state index is 12.1. The van der Waals surface area contributed by atoms with E-state index in [4.69, 9.17) is 4.84 Å². The molecule has 2 fully saturated rings. The highest BCUT2D eigenvalue weighted by molar-refractivity contribution is 5.89. The quantitative estimate of drug-likeness (QED) is 0.869. The molecule has 23 heavy (non-hydrogen) atoms. The lowest BCUT2D eigenvalue weighted by Gasteiger charge is -2.36. The van der Waals surface area contributed by atoms with Crippen LogP contribution in [0.2, 0.25) is 0 Å². The molecule has 0 aromatic heterocycles. The summed E-state index contributed by atoms with van der Waals surface area (Å²) in [6, 6.07) is 9.85. The number of rotatable bonds is 4. The lowest BCUT2D eigenvalue weighted by Crippen LogP contribution is -2.51. The Hall–Kier alpha value is -1.47. The second-order valence-corrected chi connectivity index (χ2v) is 6.38. The molecule has 2 atom stereocenters. The number of hydrogen-bond acceptors (Lipinski definition) is 6. The van der Waals surface area contributed by atoms with Crippen molar-refractivity contribution in [2.45, 2.75) is 18.5 Å². The Kier molecular flexibility index (Phi) is 5.27. The molecule has 6 nitrogen and oxygen atoms in total. The van der Waals surface area contributed by atoms with E-state index in [-0.39, 0.29) is 18.6 Å². The van der Waals surface area contributed by atoms with Crippen molar-refractivity contribution >= 4 is 5.97 Å². The Morgan fingerprint density at radius 3 is 2.52 bits per heavy atom. The van der Waals surface area contributed by atoms with E-state index in [1.165, 1.54) is 0 Å². The van der Waals surface area contributed by atoms with Gasteiger partial charge in [0.05, 0.1) is 12.2 Å². The summed E-state index contributed by atoms with van der Waals surface area (Å²) in [4.78, 5) is 22.2. The highest BCUT2D eigenvalue weighted by atomic mass is 16.7. The number of benzene rings is 1. The molecule has 0 amide bonds. The predicted molar refractivity (Wildman–Crippen MR) is 86.9 cm³/mol. The van der Waals surface area contributed by atoms with Crippen LogP contribution in [0.1, 0.15) is 16.8 Å². The molecule has 2 aliphatic rings. The van der Waals surface area contributed by atoms with E-state index in [1.807, 2.05) is 18.2 Å². The summed E-state index contributed by atoms with van der Waals surface area (Å²) in [6.07, 6.45) is 1.01. The molecule has 3 rings (SSSR count). The molecule has 0 saturated carbocycles. The number of aliphatic hydroxyl groups is 1. The standard InChI is InChI=1S/C17H25N3O3/c1-18-12-15(11-16(18)13-21)19-7-9-20(10-8-19)23-17(22)14-5-3-2-4-6-14/h2-6,15-16,21H,7-13H2,1H3/t15-,16-/m0/s1. The molecular formula is C17H25N3O3. The van der Waals surface area contributed by atoms with Gasteiger partial charge in [-0.05, 0) is 25.6 Å². The highest BCUT2D eigenvalue weighted by Gasteiger charge is 2.34. The van der Waals surface area contributed by atoms with E-state index in [1.54, 1.807) is 17.2 Å². The van der Waals surface area contributed by atoms with Gasteiger partial charge < -0.3 is 9.94 Å². The van der Waals surface area contributed by atoms with Crippen LogP contribution in [-0.2, 0) is 4.84 Å². The molecular weight excluding hydrogens is 294 g/mol. The number of hydrogen-bond donors (Lipinski definition) is 1. The zero-order valence-electron chi connectivity index (χ0n) is 13.6. The summed E-state index contributed by atoms with van der Waals surface area (Å²) in [5, 5.41) is 11.1. The van der Waals surface area contributed by atoms with Gasteiger partial charge in [-0.3, -0.25) is 9.80 Å². The van der Waals surface area contributed by atoms with Crippen LogP contribution in [-0.4, -0.2) is 84.4 Å². The molecule has 2 heterocycles. The number of carbonyl (C=O) groups excluding carboxylic acids is 1. The summed E-state index contributed by atoms with van der Waals surface area (Å²) in [6.45, 7) is 4.44. The maximum atomic E-state index is 12.1. The third-order valence-electron chi connectivity index (χ3n) is 4.89. The first-order valence-electron chi connectivity index (χ1n) is 8.25. The van der Waals surface area contributed by atoms with E-state index in [0.717, 1.165) is 39.1 Å². The van der Waals surface area contributed by atoms with Crippen LogP contribution in [0.3, 0.4) is 0 Å². The molecule has 1 N–H and O–H groups in total. The van der Waals surface area contributed by atoms with Crippen molar-refractivity contribution in [1.29, 1.82) is 0 Å². The van der Waals surface area contributed by atoms with Gasteiger partial charge in [0, 0.05) is 44.8 Å². The van der Waals surface area contributed by atoms with E-state index >= 15 is 0 Å². The fourth-order valence-corrected chi connectivity index (χ4v) is 3.43. The first kappa shape index (κ1) is 16.4. The van der Waals surface area contributed by atoms with Crippen LogP contribution >= 0.6 is 0 Å². The predicted octanol–water partition coefficient (Wildman–Crippen LogP) is 0.441. The third-order valence-corrected chi connectivity index (χ3v) is 4.89. The summed E-state index contributed by atoms with van der Waals surface area (Å²) in [5.41, 5.74) is 0.582. The maximum Gasteiger partial charge on any atom is 0.357 e. The van der Waals surface area contributed by atoms with Gasteiger partial charge in [0.1, 0.15) is 0 Å². The summed E-state index contributed by atoms with van der Waals surface area (Å²) >= 11 is 0. The van der Waals surface area contributed by atoms with Crippen LogP contribution < -0.4 is 0 Å². The summed E-state index contributed by atoms with van der Waals surface area (Å²) < 4.78 is 0. The second-order valence-electron chi connectivity index (χ2n) is 6.38. The normalized spacial score (nSPS) is 27.2. The number of nitrogens with zero attached hydrogens (tertiary/aromatic N) is 3. The van der Waals surface area contributed by atoms with Crippen molar-refractivity contribution in [2.24, 2.45) is 0 Å². The minimum atomic E-state index is -0.292. The summed E-state index contributed by atoms with van der Waals surface area (Å²) in [5.74, 6) is -0.292. The van der Waals surface area contributed by atoms with Crippen molar-refractivity contribution in [3.63, 3.8) is 0 Å². The first-order valence-corrected chi connectivity index (χ1v) is 8.25. The Morgan fingerprint density at radius 1 is 1.22 bits per heavy atom. The van der Waals surface area contributed by atoms with Gasteiger partial charge in [0.15, 0.2) is 0 Å². The van der Waals surface area contributed by atoms with Gasteiger partial charge in [-0.2, -0.15) is 0 Å². The topological polar surface area (TPSA) is 56.2 Å². The minimum Gasteiger partial charge on any atom is -0.395 e. The van der Waals surface area contributed by atoms with Crippen molar-refractivity contribution in [1.82, 2.24) is 14.9 Å². The average molecular weight is 319 g/mol. The Bertz CT molecular complexity index is 517. The molecule has 0 bridgehead atoms. The average Bonchev–Trinajstić information content (AvgIpc) is 2.97. The molecule has 2 aliphatic heterocycles. The SMILES string of the molecule is CN1C[C@@H](N2CCN(OC(=O)c3ccccc3)CC2)C[C@H]1CO. The Labute approximate surface area is 137 Å². The van der Waals surface area contributed by atoms with Crippen molar-refractivity contribution in [2.75, 3.05) is 46.4 Å².